The number of benzene rings is 2. The topological polar surface area (TPSA) is 99.1 Å². The number of pyridine rings is 1. The van der Waals surface area contributed by atoms with E-state index in [1.54, 1.807) is 45.5 Å². The molecule has 9 heteroatoms. The lowest BCUT2D eigenvalue weighted by Gasteiger charge is -2.21. The van der Waals surface area contributed by atoms with Gasteiger partial charge in [-0.05, 0) is 43.5 Å². The molecule has 4 heterocycles. The number of imidazole rings is 1. The third-order valence-electron chi connectivity index (χ3n) is 6.78. The van der Waals surface area contributed by atoms with Crippen molar-refractivity contribution in [3.05, 3.63) is 124 Å². The highest BCUT2D eigenvalue weighted by Gasteiger charge is 2.22. The van der Waals surface area contributed by atoms with Gasteiger partial charge in [0.15, 0.2) is 5.65 Å². The molecule has 0 saturated carbocycles. The number of nitrogens with one attached hydrogen (secondary N) is 1. The molecular formula is C31H25N7O2. The van der Waals surface area contributed by atoms with Crippen LogP contribution in [0.3, 0.4) is 0 Å². The standard InChI is InChI=1S/C31H25N7O2/c1-20(35-30(39)27-21(2)33-19-37-15-14-32-29(27)37)26-16-24-9-7-8-23(13-12-22-17-34-36(3)18-22)28(24)31(40)38(26)25-10-5-4-6-11-25/h4-11,14-20H,1-3H3,(H,35,39)/t20-/m0/s1. The summed E-state index contributed by atoms with van der Waals surface area (Å²) >= 11 is 0. The van der Waals surface area contributed by atoms with Crippen molar-refractivity contribution < 1.29 is 4.79 Å². The fourth-order valence-corrected chi connectivity index (χ4v) is 4.86. The summed E-state index contributed by atoms with van der Waals surface area (Å²) in [6, 6.07) is 16.4. The monoisotopic (exact) mass is 527 g/mol. The molecule has 9 nitrogen and oxygen atoms in total. The minimum Gasteiger partial charge on any atom is -0.344 e. The third kappa shape index (κ3) is 4.41. The summed E-state index contributed by atoms with van der Waals surface area (Å²) in [6.07, 6.45) is 8.51. The van der Waals surface area contributed by atoms with E-state index in [0.717, 1.165) is 10.9 Å². The van der Waals surface area contributed by atoms with Gasteiger partial charge in [0, 0.05) is 42.6 Å². The molecule has 0 aliphatic carbocycles. The Kier molecular flexibility index (Phi) is 6.21. The summed E-state index contributed by atoms with van der Waals surface area (Å²) in [6.45, 7) is 3.64. The minimum absolute atomic E-state index is 0.218. The van der Waals surface area contributed by atoms with Gasteiger partial charge >= 0.3 is 0 Å². The van der Waals surface area contributed by atoms with Gasteiger partial charge in [-0.1, -0.05) is 42.2 Å². The zero-order chi connectivity index (χ0) is 27.8. The lowest BCUT2D eigenvalue weighted by Crippen LogP contribution is -2.33. The van der Waals surface area contributed by atoms with Gasteiger partial charge < -0.3 is 5.32 Å². The molecular weight excluding hydrogens is 502 g/mol. The molecule has 0 saturated heterocycles. The van der Waals surface area contributed by atoms with Gasteiger partial charge in [-0.25, -0.2) is 9.97 Å². The van der Waals surface area contributed by atoms with E-state index in [4.69, 9.17) is 0 Å². The highest BCUT2D eigenvalue weighted by molar-refractivity contribution is 6.01. The van der Waals surface area contributed by atoms with Crippen LogP contribution in [0, 0.1) is 18.8 Å². The molecule has 0 spiro atoms. The predicted octanol–water partition coefficient (Wildman–Crippen LogP) is 3.97. The molecule has 1 N–H and O–H groups in total. The fraction of sp³-hybridized carbons (Fsp3) is 0.129. The molecule has 0 bridgehead atoms. The highest BCUT2D eigenvalue weighted by atomic mass is 16.2. The van der Waals surface area contributed by atoms with Crippen molar-refractivity contribution in [1.82, 2.24) is 34.0 Å². The molecule has 4 aromatic heterocycles. The Balaban J connectivity index is 1.48. The van der Waals surface area contributed by atoms with Crippen LogP contribution in [0.1, 0.15) is 45.8 Å². The summed E-state index contributed by atoms with van der Waals surface area (Å²) < 4.78 is 5.03. The van der Waals surface area contributed by atoms with E-state index < -0.39 is 6.04 Å². The first-order chi connectivity index (χ1) is 19.4. The molecule has 196 valence electrons. The van der Waals surface area contributed by atoms with Gasteiger partial charge in [-0.2, -0.15) is 5.10 Å². The Morgan fingerprint density at radius 2 is 1.88 bits per heavy atom. The largest absolute Gasteiger partial charge is 0.344 e. The number of carbonyl (C=O) groups excluding carboxylic acids is 1. The molecule has 6 aromatic rings. The van der Waals surface area contributed by atoms with Crippen molar-refractivity contribution in [1.29, 1.82) is 0 Å². The SMILES string of the molecule is Cc1ncn2ccnc2c1C(=O)N[C@@H](C)c1cc2cccc(C#Cc3cnn(C)c3)c2c(=O)n1-c1ccccc1. The summed E-state index contributed by atoms with van der Waals surface area (Å²) in [4.78, 5) is 36.4. The average molecular weight is 528 g/mol. The second-order valence-corrected chi connectivity index (χ2v) is 9.53. The number of nitrogens with zero attached hydrogens (tertiary/aromatic N) is 6. The average Bonchev–Trinajstić information content (AvgIpc) is 3.60. The maximum atomic E-state index is 14.2. The summed E-state index contributed by atoms with van der Waals surface area (Å²) in [5, 5.41) is 8.48. The first-order valence-corrected chi connectivity index (χ1v) is 12.7. The quantitative estimate of drug-likeness (QED) is 0.350. The molecule has 0 unspecified atom stereocenters. The lowest BCUT2D eigenvalue weighted by atomic mass is 10.0. The number of hydrogen-bond donors (Lipinski definition) is 1. The van der Waals surface area contributed by atoms with E-state index in [0.29, 0.717) is 39.2 Å². The van der Waals surface area contributed by atoms with Gasteiger partial charge in [0.25, 0.3) is 11.5 Å². The zero-order valence-electron chi connectivity index (χ0n) is 22.2. The smallest absolute Gasteiger partial charge is 0.264 e. The van der Waals surface area contributed by atoms with E-state index in [9.17, 15) is 9.59 Å². The van der Waals surface area contributed by atoms with Crippen LogP contribution < -0.4 is 10.9 Å². The second kappa shape index (κ2) is 10.0. The first kappa shape index (κ1) is 24.8. The Morgan fingerprint density at radius 3 is 2.65 bits per heavy atom. The molecule has 0 fully saturated rings. The predicted molar refractivity (Wildman–Crippen MR) is 152 cm³/mol. The number of rotatable bonds is 4. The van der Waals surface area contributed by atoms with Crippen molar-refractivity contribution in [2.45, 2.75) is 19.9 Å². The Morgan fingerprint density at radius 1 is 1.05 bits per heavy atom. The van der Waals surface area contributed by atoms with E-state index in [-0.39, 0.29) is 11.5 Å². The lowest BCUT2D eigenvalue weighted by molar-refractivity contribution is 0.0938. The van der Waals surface area contributed by atoms with Crippen LogP contribution in [0.5, 0.6) is 0 Å². The number of aromatic nitrogens is 6. The van der Waals surface area contributed by atoms with Crippen molar-refractivity contribution in [2.75, 3.05) is 0 Å². The van der Waals surface area contributed by atoms with Crippen LogP contribution in [0.2, 0.25) is 0 Å². The van der Waals surface area contributed by atoms with Crippen molar-refractivity contribution >= 4 is 22.3 Å². The van der Waals surface area contributed by atoms with Crippen molar-refractivity contribution in [3.63, 3.8) is 0 Å². The van der Waals surface area contributed by atoms with E-state index in [1.165, 1.54) is 0 Å². The first-order valence-electron chi connectivity index (χ1n) is 12.7. The van der Waals surface area contributed by atoms with Crippen molar-refractivity contribution in [3.8, 4) is 17.5 Å². The van der Waals surface area contributed by atoms with E-state index in [1.807, 2.05) is 74.8 Å². The molecule has 6 rings (SSSR count). The zero-order valence-corrected chi connectivity index (χ0v) is 22.2. The maximum absolute atomic E-state index is 14.2. The van der Waals surface area contributed by atoms with Crippen LogP contribution in [0.4, 0.5) is 0 Å². The Bertz CT molecular complexity index is 2020. The maximum Gasteiger partial charge on any atom is 0.264 e. The van der Waals surface area contributed by atoms with E-state index in [2.05, 4.69) is 32.2 Å². The Hall–Kier alpha value is -5.49. The van der Waals surface area contributed by atoms with Gasteiger partial charge in [-0.15, -0.1) is 0 Å². The molecule has 1 amide bonds. The normalized spacial score (nSPS) is 11.8. The molecule has 1 atom stereocenters. The molecule has 0 radical (unpaired) electrons. The number of para-hydroxylation sites is 1. The van der Waals surface area contributed by atoms with E-state index >= 15 is 0 Å². The highest BCUT2D eigenvalue weighted by Crippen LogP contribution is 2.24. The van der Waals surface area contributed by atoms with Crippen LogP contribution in [-0.4, -0.2) is 34.6 Å². The van der Waals surface area contributed by atoms with Crippen LogP contribution in [0.25, 0.3) is 22.1 Å². The minimum atomic E-state index is -0.524. The molecule has 0 aliphatic rings. The molecule has 0 aliphatic heterocycles. The molecule has 40 heavy (non-hydrogen) atoms. The third-order valence-corrected chi connectivity index (χ3v) is 6.78. The number of hydrogen-bond acceptors (Lipinski definition) is 5. The second-order valence-electron chi connectivity index (χ2n) is 9.53. The van der Waals surface area contributed by atoms with Gasteiger partial charge in [0.2, 0.25) is 0 Å². The number of fused-ring (bicyclic) bond motifs is 2. The van der Waals surface area contributed by atoms with Gasteiger partial charge in [0.1, 0.15) is 11.9 Å². The number of amides is 1. The summed E-state index contributed by atoms with van der Waals surface area (Å²) in [5.41, 5.74) is 3.96. The van der Waals surface area contributed by atoms with Gasteiger partial charge in [0.05, 0.1) is 28.9 Å². The summed E-state index contributed by atoms with van der Waals surface area (Å²) in [5.74, 6) is 5.94. The number of aryl methyl sites for hydroxylation is 2. The fourth-order valence-electron chi connectivity index (χ4n) is 4.86. The Labute approximate surface area is 229 Å². The van der Waals surface area contributed by atoms with Crippen LogP contribution >= 0.6 is 0 Å². The number of carbonyl (C=O) groups is 1. The molecule has 2 aromatic carbocycles. The van der Waals surface area contributed by atoms with Gasteiger partial charge in [-0.3, -0.25) is 23.2 Å². The summed E-state index contributed by atoms with van der Waals surface area (Å²) in [7, 11) is 1.83. The van der Waals surface area contributed by atoms with Crippen molar-refractivity contribution in [2.24, 2.45) is 7.05 Å². The van der Waals surface area contributed by atoms with Crippen LogP contribution in [0.15, 0.2) is 90.5 Å². The van der Waals surface area contributed by atoms with Crippen LogP contribution in [-0.2, 0) is 7.05 Å².